The van der Waals surface area contributed by atoms with Crippen LogP contribution in [0.1, 0.15) is 24.0 Å². The van der Waals surface area contributed by atoms with Crippen LogP contribution < -0.4 is 14.8 Å². The minimum Gasteiger partial charge on any atom is -0.492 e. The van der Waals surface area contributed by atoms with Crippen LogP contribution >= 0.6 is 0 Å². The Balaban J connectivity index is 1.36. The molecule has 2 aromatic rings. The highest BCUT2D eigenvalue weighted by Gasteiger charge is 2.18. The van der Waals surface area contributed by atoms with E-state index in [1.54, 1.807) is 12.1 Å². The predicted octanol–water partition coefficient (Wildman–Crippen LogP) is 2.94. The maximum absolute atomic E-state index is 12.1. The van der Waals surface area contributed by atoms with Crippen LogP contribution in [0.3, 0.4) is 0 Å². The Morgan fingerprint density at radius 3 is 2.66 bits per heavy atom. The summed E-state index contributed by atoms with van der Waals surface area (Å²) in [5.41, 5.74) is 1.89. The molecule has 0 aliphatic carbocycles. The van der Waals surface area contributed by atoms with Crippen molar-refractivity contribution in [3.63, 3.8) is 0 Å². The van der Waals surface area contributed by atoms with Crippen molar-refractivity contribution >= 4 is 5.91 Å². The number of rotatable bonds is 11. The van der Waals surface area contributed by atoms with Gasteiger partial charge < -0.3 is 19.5 Å². The molecule has 7 heteroatoms. The maximum atomic E-state index is 12.1. The first-order valence-corrected chi connectivity index (χ1v) is 11.0. The predicted molar refractivity (Wildman–Crippen MR) is 122 cm³/mol. The van der Waals surface area contributed by atoms with Crippen LogP contribution in [0.5, 0.6) is 11.5 Å². The van der Waals surface area contributed by atoms with Crippen molar-refractivity contribution in [3.8, 4) is 17.6 Å². The molecule has 0 spiro atoms. The van der Waals surface area contributed by atoms with Crippen LogP contribution in [-0.4, -0.2) is 56.9 Å². The summed E-state index contributed by atoms with van der Waals surface area (Å²) in [5, 5.41) is 11.6. The van der Waals surface area contributed by atoms with Crippen molar-refractivity contribution in [2.45, 2.75) is 31.8 Å². The molecule has 1 N–H and O–H groups in total. The number of hydrogen-bond acceptors (Lipinski definition) is 6. The molecule has 1 saturated heterocycles. The molecule has 1 aliphatic rings. The largest absolute Gasteiger partial charge is 0.492 e. The van der Waals surface area contributed by atoms with E-state index < -0.39 is 0 Å². The third-order valence-electron chi connectivity index (χ3n) is 5.49. The van der Waals surface area contributed by atoms with E-state index in [4.69, 9.17) is 19.5 Å². The van der Waals surface area contributed by atoms with Gasteiger partial charge in [0.2, 0.25) is 0 Å². The number of amides is 1. The third-order valence-corrected chi connectivity index (χ3v) is 5.49. The number of nitrogens with one attached hydrogen (secondary N) is 1. The van der Waals surface area contributed by atoms with Gasteiger partial charge in [0.1, 0.15) is 18.1 Å². The zero-order chi connectivity index (χ0) is 22.6. The lowest BCUT2D eigenvalue weighted by Crippen LogP contribution is -2.38. The Morgan fingerprint density at radius 1 is 1.12 bits per heavy atom. The van der Waals surface area contributed by atoms with E-state index >= 15 is 0 Å². The number of likely N-dealkylation sites (N-methyl/N-ethyl adjacent to an activating group) is 1. The first-order valence-electron chi connectivity index (χ1n) is 11.0. The number of nitriles is 1. The van der Waals surface area contributed by atoms with Crippen LogP contribution in [0, 0.1) is 11.3 Å². The number of carbonyl (C=O) groups excluding carboxylic acids is 1. The summed E-state index contributed by atoms with van der Waals surface area (Å²) in [4.78, 5) is 14.5. The van der Waals surface area contributed by atoms with E-state index in [0.29, 0.717) is 31.4 Å². The molecule has 0 bridgehead atoms. The first kappa shape index (κ1) is 23.6. The van der Waals surface area contributed by atoms with Crippen LogP contribution in [-0.2, 0) is 22.5 Å². The molecule has 7 nitrogen and oxygen atoms in total. The van der Waals surface area contributed by atoms with E-state index in [0.717, 1.165) is 49.5 Å². The second-order valence-corrected chi connectivity index (χ2v) is 7.86. The van der Waals surface area contributed by atoms with Gasteiger partial charge in [-0.2, -0.15) is 5.26 Å². The van der Waals surface area contributed by atoms with Gasteiger partial charge in [0, 0.05) is 32.3 Å². The second-order valence-electron chi connectivity index (χ2n) is 7.86. The Morgan fingerprint density at radius 2 is 1.91 bits per heavy atom. The Hall–Kier alpha value is -3.08. The summed E-state index contributed by atoms with van der Waals surface area (Å²) < 4.78 is 16.8. The fourth-order valence-electron chi connectivity index (χ4n) is 3.56. The molecule has 1 amide bonds. The molecule has 0 atom stereocenters. The van der Waals surface area contributed by atoms with Crippen LogP contribution in [0.25, 0.3) is 0 Å². The van der Waals surface area contributed by atoms with E-state index in [1.165, 1.54) is 0 Å². The van der Waals surface area contributed by atoms with Crippen molar-refractivity contribution in [2.24, 2.45) is 0 Å². The van der Waals surface area contributed by atoms with Gasteiger partial charge in [-0.05, 0) is 55.3 Å². The van der Waals surface area contributed by atoms with Gasteiger partial charge in [-0.25, -0.2) is 0 Å². The van der Waals surface area contributed by atoms with Crippen molar-refractivity contribution in [1.82, 2.24) is 10.2 Å². The van der Waals surface area contributed by atoms with Crippen molar-refractivity contribution in [2.75, 3.05) is 40.0 Å². The highest BCUT2D eigenvalue weighted by Crippen LogP contribution is 2.16. The van der Waals surface area contributed by atoms with Crippen molar-refractivity contribution in [3.05, 3.63) is 59.7 Å². The van der Waals surface area contributed by atoms with Gasteiger partial charge in [-0.3, -0.25) is 9.69 Å². The Labute approximate surface area is 189 Å². The number of carbonyl (C=O) groups is 1. The lowest BCUT2D eigenvalue weighted by molar-refractivity contribution is -0.123. The van der Waals surface area contributed by atoms with Crippen LogP contribution in [0.4, 0.5) is 0 Å². The molecule has 0 aromatic heterocycles. The minimum atomic E-state index is -0.199. The first-order chi connectivity index (χ1) is 15.6. The molecule has 32 heavy (non-hydrogen) atoms. The highest BCUT2D eigenvalue weighted by atomic mass is 16.5. The molecule has 0 unspecified atom stereocenters. The van der Waals surface area contributed by atoms with Crippen LogP contribution in [0.2, 0.25) is 0 Å². The van der Waals surface area contributed by atoms with Crippen molar-refractivity contribution < 1.29 is 19.0 Å². The summed E-state index contributed by atoms with van der Waals surface area (Å²) in [6.07, 6.45) is 2.50. The van der Waals surface area contributed by atoms with E-state index in [2.05, 4.69) is 23.3 Å². The second kappa shape index (κ2) is 12.7. The van der Waals surface area contributed by atoms with E-state index in [9.17, 15) is 4.79 Å². The lowest BCUT2D eigenvalue weighted by atomic mass is 10.1. The fourth-order valence-corrected chi connectivity index (χ4v) is 3.56. The summed E-state index contributed by atoms with van der Waals surface area (Å²) in [6.45, 7) is 3.49. The zero-order valence-corrected chi connectivity index (χ0v) is 18.6. The van der Waals surface area contributed by atoms with E-state index in [-0.39, 0.29) is 12.5 Å². The summed E-state index contributed by atoms with van der Waals surface area (Å²) in [7, 11) is 2.13. The SMILES string of the molecule is CN(CCOc1cccc(CNC(=O)COc2ccc(CC#N)cc2)c1)C1CCOCC1. The lowest BCUT2D eigenvalue weighted by Gasteiger charge is -2.31. The van der Waals surface area contributed by atoms with Gasteiger partial charge in [0.25, 0.3) is 5.91 Å². The minimum absolute atomic E-state index is 0.0632. The van der Waals surface area contributed by atoms with Gasteiger partial charge in [0.15, 0.2) is 6.61 Å². The topological polar surface area (TPSA) is 83.8 Å². The monoisotopic (exact) mass is 437 g/mol. The maximum Gasteiger partial charge on any atom is 0.258 e. The molecular weight excluding hydrogens is 406 g/mol. The molecule has 2 aromatic carbocycles. The molecule has 3 rings (SSSR count). The molecular formula is C25H31N3O4. The van der Waals surface area contributed by atoms with Gasteiger partial charge in [0.05, 0.1) is 12.5 Å². The molecule has 1 aliphatic heterocycles. The zero-order valence-electron chi connectivity index (χ0n) is 18.6. The van der Waals surface area contributed by atoms with Gasteiger partial charge in [-0.15, -0.1) is 0 Å². The molecule has 0 radical (unpaired) electrons. The van der Waals surface area contributed by atoms with Crippen LogP contribution in [0.15, 0.2) is 48.5 Å². The van der Waals surface area contributed by atoms with Gasteiger partial charge in [-0.1, -0.05) is 24.3 Å². The molecule has 1 fully saturated rings. The third kappa shape index (κ3) is 7.88. The summed E-state index contributed by atoms with van der Waals surface area (Å²) in [5.74, 6) is 1.20. The van der Waals surface area contributed by atoms with E-state index in [1.807, 2.05) is 36.4 Å². The smallest absolute Gasteiger partial charge is 0.258 e. The van der Waals surface area contributed by atoms with Gasteiger partial charge >= 0.3 is 0 Å². The molecule has 170 valence electrons. The number of hydrogen-bond donors (Lipinski definition) is 1. The standard InChI is InChI=1S/C25H31N3O4/c1-28(22-10-14-30-15-11-22)13-16-31-24-4-2-3-21(17-24)18-27-25(29)19-32-23-7-5-20(6-8-23)9-12-26/h2-8,17,22H,9-11,13-16,18-19H2,1H3,(H,27,29). The van der Waals surface area contributed by atoms with Crippen molar-refractivity contribution in [1.29, 1.82) is 5.26 Å². The summed E-state index contributed by atoms with van der Waals surface area (Å²) in [6, 6.07) is 17.6. The normalized spacial score (nSPS) is 14.0. The average Bonchev–Trinajstić information content (AvgIpc) is 2.83. The Kier molecular flexibility index (Phi) is 9.36. The Bertz CT molecular complexity index is 889. The number of benzene rings is 2. The number of ether oxygens (including phenoxy) is 3. The fraction of sp³-hybridized carbons (Fsp3) is 0.440. The average molecular weight is 438 g/mol. The summed E-state index contributed by atoms with van der Waals surface area (Å²) >= 11 is 0. The number of nitrogens with zero attached hydrogens (tertiary/aromatic N) is 2. The highest BCUT2D eigenvalue weighted by molar-refractivity contribution is 5.77. The molecule has 1 heterocycles. The quantitative estimate of drug-likeness (QED) is 0.582. The molecule has 0 saturated carbocycles.